The van der Waals surface area contributed by atoms with Crippen LogP contribution in [0.5, 0.6) is 0 Å². The smallest absolute Gasteiger partial charge is 0.342 e. The lowest BCUT2D eigenvalue weighted by Gasteiger charge is -2.31. The third-order valence-corrected chi connectivity index (χ3v) is 5.26. The van der Waals surface area contributed by atoms with Crippen molar-refractivity contribution in [3.8, 4) is 5.69 Å². The summed E-state index contributed by atoms with van der Waals surface area (Å²) in [7, 11) is 1.68. The molecule has 0 unspecified atom stereocenters. The van der Waals surface area contributed by atoms with Crippen LogP contribution in [0.3, 0.4) is 0 Å². The minimum absolute atomic E-state index is 0.118. The lowest BCUT2D eigenvalue weighted by Crippen LogP contribution is -2.39. The van der Waals surface area contributed by atoms with Crippen molar-refractivity contribution in [3.05, 3.63) is 76.7 Å². The molecule has 1 aliphatic heterocycles. The highest BCUT2D eigenvalue weighted by Gasteiger charge is 2.28. The van der Waals surface area contributed by atoms with Crippen LogP contribution in [-0.2, 0) is 18.3 Å². The second-order valence-corrected chi connectivity index (χ2v) is 7.13. The molecule has 144 valence electrons. The van der Waals surface area contributed by atoms with E-state index in [1.54, 1.807) is 24.0 Å². The van der Waals surface area contributed by atoms with Gasteiger partial charge in [-0.15, -0.1) is 0 Å². The van der Waals surface area contributed by atoms with E-state index in [0.29, 0.717) is 19.5 Å². The zero-order valence-electron chi connectivity index (χ0n) is 15.9. The van der Waals surface area contributed by atoms with E-state index in [-0.39, 0.29) is 17.5 Å². The third-order valence-electron chi connectivity index (χ3n) is 5.26. The zero-order valence-corrected chi connectivity index (χ0v) is 15.9. The maximum absolute atomic E-state index is 12.6. The van der Waals surface area contributed by atoms with E-state index in [4.69, 9.17) is 0 Å². The molecule has 28 heavy (non-hydrogen) atoms. The summed E-state index contributed by atoms with van der Waals surface area (Å²) in [5.74, 6) is 1.04. The first kappa shape index (κ1) is 18.2. The molecule has 2 aromatic heterocycles. The van der Waals surface area contributed by atoms with Gasteiger partial charge in [-0.3, -0.25) is 9.78 Å². The predicted molar refractivity (Wildman–Crippen MR) is 105 cm³/mol. The fraction of sp³-hybridized carbons (Fsp3) is 0.333. The van der Waals surface area contributed by atoms with Crippen molar-refractivity contribution in [2.45, 2.75) is 25.2 Å². The van der Waals surface area contributed by atoms with Gasteiger partial charge in [0.15, 0.2) is 0 Å². The molecule has 0 spiro atoms. The topological polar surface area (TPSA) is 73.0 Å². The van der Waals surface area contributed by atoms with Crippen molar-refractivity contribution in [1.29, 1.82) is 0 Å². The Balaban J connectivity index is 1.48. The Morgan fingerprint density at radius 3 is 2.54 bits per heavy atom. The molecule has 1 aliphatic rings. The standard InChI is InChI=1S/C21H23N5O2/c1-24-21(28)26(18-7-3-2-4-8-18)20(23-24)17-9-12-25(13-10-17)19(27)14-16-6-5-11-22-15-16/h2-8,11,15,17H,9-10,12-14H2,1H3. The first-order valence-electron chi connectivity index (χ1n) is 9.51. The van der Waals surface area contributed by atoms with Crippen molar-refractivity contribution >= 4 is 5.91 Å². The van der Waals surface area contributed by atoms with Gasteiger partial charge in [-0.1, -0.05) is 24.3 Å². The van der Waals surface area contributed by atoms with E-state index in [1.807, 2.05) is 47.4 Å². The number of benzene rings is 1. The molecule has 7 nitrogen and oxygen atoms in total. The normalized spacial score (nSPS) is 15.0. The number of aromatic nitrogens is 4. The second kappa shape index (κ2) is 7.80. The lowest BCUT2D eigenvalue weighted by molar-refractivity contribution is -0.131. The van der Waals surface area contributed by atoms with Gasteiger partial charge in [0, 0.05) is 38.4 Å². The van der Waals surface area contributed by atoms with Gasteiger partial charge in [-0.25, -0.2) is 14.0 Å². The average molecular weight is 377 g/mol. The summed E-state index contributed by atoms with van der Waals surface area (Å²) < 4.78 is 3.08. The summed E-state index contributed by atoms with van der Waals surface area (Å²) in [6.45, 7) is 1.34. The molecule has 0 N–H and O–H groups in total. The van der Waals surface area contributed by atoms with Crippen LogP contribution in [0.2, 0.25) is 0 Å². The Bertz CT molecular complexity index is 1000. The second-order valence-electron chi connectivity index (χ2n) is 7.13. The monoisotopic (exact) mass is 377 g/mol. The fourth-order valence-corrected chi connectivity index (χ4v) is 3.74. The van der Waals surface area contributed by atoms with Crippen LogP contribution in [-0.4, -0.2) is 43.2 Å². The third kappa shape index (κ3) is 3.60. The number of carbonyl (C=O) groups excluding carboxylic acids is 1. The Hall–Kier alpha value is -3.22. The number of hydrogen-bond acceptors (Lipinski definition) is 4. The van der Waals surface area contributed by atoms with E-state index < -0.39 is 0 Å². The number of hydrogen-bond donors (Lipinski definition) is 0. The van der Waals surface area contributed by atoms with Crippen LogP contribution in [0.15, 0.2) is 59.7 Å². The maximum atomic E-state index is 12.6. The number of amides is 1. The molecular weight excluding hydrogens is 354 g/mol. The van der Waals surface area contributed by atoms with E-state index in [0.717, 1.165) is 29.9 Å². The van der Waals surface area contributed by atoms with Crippen molar-refractivity contribution < 1.29 is 4.79 Å². The number of pyridine rings is 1. The Labute approximate surface area is 163 Å². The van der Waals surface area contributed by atoms with E-state index >= 15 is 0 Å². The van der Waals surface area contributed by atoms with E-state index in [1.165, 1.54) is 4.68 Å². The molecule has 0 saturated carbocycles. The zero-order chi connectivity index (χ0) is 19.5. The first-order valence-corrected chi connectivity index (χ1v) is 9.51. The maximum Gasteiger partial charge on any atom is 0.350 e. The highest BCUT2D eigenvalue weighted by Crippen LogP contribution is 2.27. The molecule has 3 aromatic rings. The highest BCUT2D eigenvalue weighted by atomic mass is 16.2. The van der Waals surface area contributed by atoms with Gasteiger partial charge in [0.25, 0.3) is 0 Å². The van der Waals surface area contributed by atoms with Crippen LogP contribution >= 0.6 is 0 Å². The van der Waals surface area contributed by atoms with Gasteiger partial charge in [0.1, 0.15) is 5.82 Å². The number of carbonyl (C=O) groups is 1. The molecule has 0 bridgehead atoms. The van der Waals surface area contributed by atoms with Crippen molar-refractivity contribution in [3.63, 3.8) is 0 Å². The molecule has 3 heterocycles. The summed E-state index contributed by atoms with van der Waals surface area (Å²) >= 11 is 0. The van der Waals surface area contributed by atoms with Crippen LogP contribution < -0.4 is 5.69 Å². The lowest BCUT2D eigenvalue weighted by atomic mass is 9.95. The number of nitrogens with zero attached hydrogens (tertiary/aromatic N) is 5. The summed E-state index contributed by atoms with van der Waals surface area (Å²) in [4.78, 5) is 31.2. The van der Waals surface area contributed by atoms with Gasteiger partial charge in [-0.2, -0.15) is 5.10 Å². The molecule has 1 aromatic carbocycles. The number of para-hydroxylation sites is 1. The number of aryl methyl sites for hydroxylation is 1. The summed E-state index contributed by atoms with van der Waals surface area (Å²) in [5, 5.41) is 4.50. The van der Waals surface area contributed by atoms with Gasteiger partial charge in [0.2, 0.25) is 5.91 Å². The molecule has 1 amide bonds. The van der Waals surface area contributed by atoms with E-state index in [2.05, 4.69) is 10.1 Å². The van der Waals surface area contributed by atoms with Crippen LogP contribution in [0.4, 0.5) is 0 Å². The summed E-state index contributed by atoms with van der Waals surface area (Å²) in [5.41, 5.74) is 1.61. The molecule has 1 fully saturated rings. The summed E-state index contributed by atoms with van der Waals surface area (Å²) in [6, 6.07) is 13.4. The molecule has 1 saturated heterocycles. The molecular formula is C21H23N5O2. The average Bonchev–Trinajstić information content (AvgIpc) is 3.04. The quantitative estimate of drug-likeness (QED) is 0.696. The Kier molecular flexibility index (Phi) is 5.06. The van der Waals surface area contributed by atoms with Gasteiger partial charge >= 0.3 is 5.69 Å². The fourth-order valence-electron chi connectivity index (χ4n) is 3.74. The van der Waals surface area contributed by atoms with Crippen LogP contribution in [0.25, 0.3) is 5.69 Å². The number of likely N-dealkylation sites (tertiary alicyclic amines) is 1. The van der Waals surface area contributed by atoms with Gasteiger partial charge in [-0.05, 0) is 36.6 Å². The molecule has 0 atom stereocenters. The minimum Gasteiger partial charge on any atom is -0.342 e. The number of rotatable bonds is 4. The highest BCUT2D eigenvalue weighted by molar-refractivity contribution is 5.78. The Morgan fingerprint density at radius 1 is 1.11 bits per heavy atom. The van der Waals surface area contributed by atoms with Crippen LogP contribution in [0, 0.1) is 0 Å². The van der Waals surface area contributed by atoms with Crippen molar-refractivity contribution in [2.75, 3.05) is 13.1 Å². The van der Waals surface area contributed by atoms with Gasteiger partial charge < -0.3 is 4.90 Å². The summed E-state index contributed by atoms with van der Waals surface area (Å²) in [6.07, 6.45) is 5.40. The predicted octanol–water partition coefficient (Wildman–Crippen LogP) is 1.91. The molecule has 0 radical (unpaired) electrons. The first-order chi connectivity index (χ1) is 13.6. The largest absolute Gasteiger partial charge is 0.350 e. The molecule has 4 rings (SSSR count). The number of piperidine rings is 1. The van der Waals surface area contributed by atoms with Crippen molar-refractivity contribution in [2.24, 2.45) is 7.05 Å². The minimum atomic E-state index is -0.142. The molecule has 0 aliphatic carbocycles. The van der Waals surface area contributed by atoms with E-state index in [9.17, 15) is 9.59 Å². The SMILES string of the molecule is Cn1nc(C2CCN(C(=O)Cc3cccnc3)CC2)n(-c2ccccc2)c1=O. The van der Waals surface area contributed by atoms with Crippen LogP contribution in [0.1, 0.15) is 30.1 Å². The molecule has 7 heteroatoms. The van der Waals surface area contributed by atoms with Crippen molar-refractivity contribution in [1.82, 2.24) is 24.2 Å². The Morgan fingerprint density at radius 2 is 1.86 bits per heavy atom. The van der Waals surface area contributed by atoms with Gasteiger partial charge in [0.05, 0.1) is 12.1 Å².